The summed E-state index contributed by atoms with van der Waals surface area (Å²) in [7, 11) is 0. The highest BCUT2D eigenvalue weighted by Gasteiger charge is 2.08. The summed E-state index contributed by atoms with van der Waals surface area (Å²) in [6.45, 7) is 3.17. The molecule has 0 saturated carbocycles. The number of benzene rings is 1. The van der Waals surface area contributed by atoms with Gasteiger partial charge in [-0.15, -0.1) is 0 Å². The van der Waals surface area contributed by atoms with E-state index < -0.39 is 0 Å². The summed E-state index contributed by atoms with van der Waals surface area (Å²) in [5.41, 5.74) is 0.728. The molecule has 2 rings (SSSR count). The molecule has 0 bridgehead atoms. The van der Waals surface area contributed by atoms with Gasteiger partial charge in [0.1, 0.15) is 5.84 Å². The number of amidine groups is 1. The molecule has 17 heavy (non-hydrogen) atoms. The Morgan fingerprint density at radius 3 is 2.94 bits per heavy atom. The van der Waals surface area contributed by atoms with Gasteiger partial charge < -0.3 is 10.1 Å². The van der Waals surface area contributed by atoms with E-state index in [-0.39, 0.29) is 5.82 Å². The standard InChI is InChI=1S/C13H17FN2O/c1-2-17-12-7-6-10(9-11(12)14)16-13-5-3-4-8-15-13/h6-7,9H,2-5,8H2,1H3,(H,15,16). The summed E-state index contributed by atoms with van der Waals surface area (Å²) in [5.74, 6) is 0.900. The van der Waals surface area contributed by atoms with Gasteiger partial charge in [0.2, 0.25) is 0 Å². The fraction of sp³-hybridized carbons (Fsp3) is 0.462. The molecule has 92 valence electrons. The normalized spacial score (nSPS) is 15.3. The van der Waals surface area contributed by atoms with E-state index in [1.54, 1.807) is 6.07 Å². The van der Waals surface area contributed by atoms with Crippen molar-refractivity contribution in [1.82, 2.24) is 0 Å². The minimum Gasteiger partial charge on any atom is -0.491 e. The van der Waals surface area contributed by atoms with E-state index in [1.807, 2.05) is 13.0 Å². The molecule has 0 amide bonds. The highest BCUT2D eigenvalue weighted by molar-refractivity contribution is 5.95. The fourth-order valence-electron chi connectivity index (χ4n) is 1.82. The first-order chi connectivity index (χ1) is 8.29. The third-order valence-electron chi connectivity index (χ3n) is 2.64. The van der Waals surface area contributed by atoms with Gasteiger partial charge in [0.05, 0.1) is 6.61 Å². The molecule has 0 spiro atoms. The Labute approximate surface area is 101 Å². The van der Waals surface area contributed by atoms with Crippen LogP contribution in [0, 0.1) is 5.82 Å². The zero-order valence-electron chi connectivity index (χ0n) is 10.0. The molecule has 1 aliphatic rings. The van der Waals surface area contributed by atoms with Crippen LogP contribution >= 0.6 is 0 Å². The van der Waals surface area contributed by atoms with Crippen molar-refractivity contribution in [2.24, 2.45) is 4.99 Å². The van der Waals surface area contributed by atoms with Gasteiger partial charge >= 0.3 is 0 Å². The van der Waals surface area contributed by atoms with Crippen molar-refractivity contribution >= 4 is 11.5 Å². The van der Waals surface area contributed by atoms with Crippen LogP contribution in [0.2, 0.25) is 0 Å². The molecule has 0 atom stereocenters. The summed E-state index contributed by atoms with van der Waals surface area (Å²) in [4.78, 5) is 4.36. The SMILES string of the molecule is CCOc1ccc(NC2=NCCCC2)cc1F. The summed E-state index contributed by atoms with van der Waals surface area (Å²) < 4.78 is 18.7. The first-order valence-electron chi connectivity index (χ1n) is 6.02. The Hall–Kier alpha value is -1.58. The number of nitrogens with zero attached hydrogens (tertiary/aromatic N) is 1. The highest BCUT2D eigenvalue weighted by Crippen LogP contribution is 2.21. The Bertz CT molecular complexity index is 418. The molecule has 3 nitrogen and oxygen atoms in total. The van der Waals surface area contributed by atoms with Crippen molar-refractivity contribution in [1.29, 1.82) is 0 Å². The smallest absolute Gasteiger partial charge is 0.167 e. The Balaban J connectivity index is 2.06. The van der Waals surface area contributed by atoms with Gasteiger partial charge in [0, 0.05) is 24.7 Å². The molecular formula is C13H17FN2O. The van der Waals surface area contributed by atoms with Crippen LogP contribution in [-0.2, 0) is 0 Å². The second-order valence-corrected chi connectivity index (χ2v) is 3.99. The average molecular weight is 236 g/mol. The number of ether oxygens (including phenoxy) is 1. The summed E-state index contributed by atoms with van der Waals surface area (Å²) >= 11 is 0. The minimum absolute atomic E-state index is 0.295. The van der Waals surface area contributed by atoms with Crippen LogP contribution in [-0.4, -0.2) is 19.0 Å². The first kappa shape index (κ1) is 11.9. The lowest BCUT2D eigenvalue weighted by Crippen LogP contribution is -2.16. The number of anilines is 1. The molecule has 0 radical (unpaired) electrons. The maximum atomic E-state index is 13.6. The third kappa shape index (κ3) is 3.19. The maximum Gasteiger partial charge on any atom is 0.167 e. The van der Waals surface area contributed by atoms with Gasteiger partial charge in [-0.25, -0.2) is 4.39 Å². The van der Waals surface area contributed by atoms with Gasteiger partial charge in [-0.2, -0.15) is 0 Å². The molecule has 0 unspecified atom stereocenters. The quantitative estimate of drug-likeness (QED) is 0.874. The third-order valence-corrected chi connectivity index (χ3v) is 2.64. The van der Waals surface area contributed by atoms with Gasteiger partial charge in [-0.05, 0) is 31.9 Å². The molecule has 0 saturated heterocycles. The minimum atomic E-state index is -0.340. The van der Waals surface area contributed by atoms with Crippen LogP contribution in [0.15, 0.2) is 23.2 Å². The largest absolute Gasteiger partial charge is 0.491 e. The lowest BCUT2D eigenvalue weighted by atomic mass is 10.2. The van der Waals surface area contributed by atoms with Crippen molar-refractivity contribution in [2.45, 2.75) is 26.2 Å². The van der Waals surface area contributed by atoms with Gasteiger partial charge in [-0.1, -0.05) is 0 Å². The predicted molar refractivity (Wildman–Crippen MR) is 67.3 cm³/mol. The van der Waals surface area contributed by atoms with Gasteiger partial charge in [0.25, 0.3) is 0 Å². The van der Waals surface area contributed by atoms with Gasteiger partial charge in [-0.3, -0.25) is 4.99 Å². The number of aliphatic imine (C=N–C) groups is 1. The van der Waals surface area contributed by atoms with Crippen molar-refractivity contribution in [3.8, 4) is 5.75 Å². The van der Waals surface area contributed by atoms with E-state index in [0.717, 1.165) is 37.3 Å². The summed E-state index contributed by atoms with van der Waals surface area (Å²) in [6.07, 6.45) is 3.23. The monoisotopic (exact) mass is 236 g/mol. The number of hydrogen-bond acceptors (Lipinski definition) is 3. The predicted octanol–water partition coefficient (Wildman–Crippen LogP) is 3.22. The Morgan fingerprint density at radius 1 is 1.41 bits per heavy atom. The van der Waals surface area contributed by atoms with Crippen LogP contribution in [0.5, 0.6) is 5.75 Å². The second-order valence-electron chi connectivity index (χ2n) is 3.99. The van der Waals surface area contributed by atoms with E-state index in [1.165, 1.54) is 6.07 Å². The zero-order chi connectivity index (χ0) is 12.1. The molecule has 1 heterocycles. The van der Waals surface area contributed by atoms with Crippen LogP contribution in [0.4, 0.5) is 10.1 Å². The van der Waals surface area contributed by atoms with Crippen LogP contribution in [0.1, 0.15) is 26.2 Å². The summed E-state index contributed by atoms with van der Waals surface area (Å²) in [5, 5.41) is 3.15. The molecule has 0 aliphatic carbocycles. The topological polar surface area (TPSA) is 33.6 Å². The van der Waals surface area contributed by atoms with Crippen molar-refractivity contribution in [3.63, 3.8) is 0 Å². The van der Waals surface area contributed by atoms with E-state index in [4.69, 9.17) is 4.74 Å². The Kier molecular flexibility index (Phi) is 3.96. The van der Waals surface area contributed by atoms with Crippen LogP contribution < -0.4 is 10.1 Å². The molecule has 1 aliphatic heterocycles. The molecule has 1 aromatic carbocycles. The van der Waals surface area contributed by atoms with Crippen molar-refractivity contribution in [2.75, 3.05) is 18.5 Å². The molecule has 0 aromatic heterocycles. The van der Waals surface area contributed by atoms with Crippen molar-refractivity contribution < 1.29 is 9.13 Å². The lowest BCUT2D eigenvalue weighted by molar-refractivity contribution is 0.321. The summed E-state index contributed by atoms with van der Waals surface area (Å²) in [6, 6.07) is 4.90. The Morgan fingerprint density at radius 2 is 2.29 bits per heavy atom. The lowest BCUT2D eigenvalue weighted by Gasteiger charge is -2.14. The number of halogens is 1. The number of hydrogen-bond donors (Lipinski definition) is 1. The highest BCUT2D eigenvalue weighted by atomic mass is 19.1. The van der Waals surface area contributed by atoms with Crippen molar-refractivity contribution in [3.05, 3.63) is 24.0 Å². The zero-order valence-corrected chi connectivity index (χ0v) is 10.0. The van der Waals surface area contributed by atoms with Crippen LogP contribution in [0.25, 0.3) is 0 Å². The molecule has 0 fully saturated rings. The van der Waals surface area contributed by atoms with Crippen LogP contribution in [0.3, 0.4) is 0 Å². The number of rotatable bonds is 3. The molecular weight excluding hydrogens is 219 g/mol. The average Bonchev–Trinajstić information content (AvgIpc) is 2.34. The maximum absolute atomic E-state index is 13.6. The second kappa shape index (κ2) is 5.66. The van der Waals surface area contributed by atoms with E-state index in [2.05, 4.69) is 10.3 Å². The van der Waals surface area contributed by atoms with E-state index in [9.17, 15) is 4.39 Å². The fourth-order valence-corrected chi connectivity index (χ4v) is 1.82. The van der Waals surface area contributed by atoms with E-state index in [0.29, 0.717) is 12.4 Å². The molecule has 1 N–H and O–H groups in total. The molecule has 1 aromatic rings. The van der Waals surface area contributed by atoms with E-state index >= 15 is 0 Å². The van der Waals surface area contributed by atoms with Gasteiger partial charge in [0.15, 0.2) is 11.6 Å². The molecule has 4 heteroatoms. The number of nitrogens with one attached hydrogen (secondary N) is 1. The first-order valence-corrected chi connectivity index (χ1v) is 6.02.